The highest BCUT2D eigenvalue weighted by atomic mass is 79.9. The molecule has 0 fully saturated rings. The number of aliphatic hydroxyl groups is 1. The average Bonchev–Trinajstić information content (AvgIpc) is 2.23. The maximum Gasteiger partial charge on any atom is 0.243 e. The Morgan fingerprint density at radius 1 is 1.37 bits per heavy atom. The second-order valence-electron chi connectivity index (χ2n) is 4.47. The summed E-state index contributed by atoms with van der Waals surface area (Å²) in [6.07, 6.45) is -0.745. The van der Waals surface area contributed by atoms with Crippen molar-refractivity contribution in [2.24, 2.45) is 5.92 Å². The van der Waals surface area contributed by atoms with Crippen LogP contribution in [0.1, 0.15) is 13.8 Å². The predicted molar refractivity (Wildman–Crippen MR) is 82.3 cm³/mol. The molecule has 0 aliphatic heterocycles. The van der Waals surface area contributed by atoms with Gasteiger partial charge in [-0.1, -0.05) is 29.8 Å². The van der Waals surface area contributed by atoms with Gasteiger partial charge < -0.3 is 10.8 Å². The molecule has 4 N–H and O–H groups in total. The molecule has 0 saturated carbocycles. The van der Waals surface area contributed by atoms with Crippen molar-refractivity contribution in [1.82, 2.24) is 4.72 Å². The molecule has 0 bridgehead atoms. The zero-order valence-electron chi connectivity index (χ0n) is 10.5. The van der Waals surface area contributed by atoms with Crippen LogP contribution in [-0.4, -0.2) is 26.2 Å². The second-order valence-corrected chi connectivity index (χ2v) is 7.94. The lowest BCUT2D eigenvalue weighted by Crippen LogP contribution is -2.35. The Labute approximate surface area is 129 Å². The van der Waals surface area contributed by atoms with E-state index in [1.54, 1.807) is 6.07 Å². The van der Waals surface area contributed by atoms with E-state index in [4.69, 9.17) is 5.73 Å². The molecule has 5 nitrogen and oxygen atoms in total. The lowest BCUT2D eigenvalue weighted by molar-refractivity contribution is 0.129. The zero-order chi connectivity index (χ0) is 14.8. The van der Waals surface area contributed by atoms with Gasteiger partial charge in [-0.25, -0.2) is 13.1 Å². The summed E-state index contributed by atoms with van der Waals surface area (Å²) in [4.78, 5) is -0.0216. The molecule has 1 atom stereocenters. The van der Waals surface area contributed by atoms with Gasteiger partial charge >= 0.3 is 0 Å². The Morgan fingerprint density at radius 2 is 1.95 bits per heavy atom. The lowest BCUT2D eigenvalue weighted by atomic mass is 10.1. The maximum atomic E-state index is 12.2. The molecule has 0 aromatic heterocycles. The van der Waals surface area contributed by atoms with Gasteiger partial charge in [-0.2, -0.15) is 0 Å². The van der Waals surface area contributed by atoms with Gasteiger partial charge in [-0.05, 0) is 34.0 Å². The van der Waals surface area contributed by atoms with Crippen LogP contribution >= 0.6 is 31.9 Å². The number of anilines is 1. The highest BCUT2D eigenvalue weighted by Crippen LogP contribution is 2.31. The lowest BCUT2D eigenvalue weighted by Gasteiger charge is -2.16. The van der Waals surface area contributed by atoms with E-state index >= 15 is 0 Å². The SMILES string of the molecule is CC(C)C(O)CNS(=O)(=O)c1c(N)cc(Br)cc1Br. The number of aliphatic hydroxyl groups excluding tert-OH is 1. The number of nitrogens with one attached hydrogen (secondary N) is 1. The zero-order valence-corrected chi connectivity index (χ0v) is 14.5. The van der Waals surface area contributed by atoms with Crippen LogP contribution in [0.25, 0.3) is 0 Å². The number of hydrogen-bond donors (Lipinski definition) is 3. The van der Waals surface area contributed by atoms with E-state index in [1.807, 2.05) is 13.8 Å². The van der Waals surface area contributed by atoms with Gasteiger partial charge in [0.2, 0.25) is 10.0 Å². The van der Waals surface area contributed by atoms with Crippen molar-refractivity contribution in [2.45, 2.75) is 24.8 Å². The third kappa shape index (κ3) is 4.42. The van der Waals surface area contributed by atoms with Gasteiger partial charge in [0.1, 0.15) is 4.90 Å². The molecule has 0 heterocycles. The molecular weight excluding hydrogens is 400 g/mol. The van der Waals surface area contributed by atoms with Crippen LogP contribution in [0.5, 0.6) is 0 Å². The number of nitrogens with two attached hydrogens (primary N) is 1. The fourth-order valence-corrected chi connectivity index (χ4v) is 4.48. The third-order valence-corrected chi connectivity index (χ3v) is 5.44. The van der Waals surface area contributed by atoms with Crippen LogP contribution in [0.4, 0.5) is 5.69 Å². The van der Waals surface area contributed by atoms with Crippen molar-refractivity contribution in [3.05, 3.63) is 21.1 Å². The van der Waals surface area contributed by atoms with E-state index in [2.05, 4.69) is 36.6 Å². The van der Waals surface area contributed by atoms with Gasteiger partial charge in [0.25, 0.3) is 0 Å². The summed E-state index contributed by atoms with van der Waals surface area (Å²) in [5, 5.41) is 9.64. The van der Waals surface area contributed by atoms with Gasteiger partial charge in [-0.3, -0.25) is 0 Å². The quantitative estimate of drug-likeness (QED) is 0.642. The van der Waals surface area contributed by atoms with Gasteiger partial charge in [0.15, 0.2) is 0 Å². The smallest absolute Gasteiger partial charge is 0.243 e. The van der Waals surface area contributed by atoms with Crippen LogP contribution in [0, 0.1) is 5.92 Å². The van der Waals surface area contributed by atoms with E-state index in [-0.39, 0.29) is 23.0 Å². The summed E-state index contributed by atoms with van der Waals surface area (Å²) in [5.74, 6) is -0.0339. The van der Waals surface area contributed by atoms with Crippen LogP contribution in [-0.2, 0) is 10.0 Å². The number of sulfonamides is 1. The van der Waals surface area contributed by atoms with Crippen molar-refractivity contribution >= 4 is 47.6 Å². The van der Waals surface area contributed by atoms with E-state index in [9.17, 15) is 13.5 Å². The molecule has 1 rings (SSSR count). The maximum absolute atomic E-state index is 12.2. The third-order valence-electron chi connectivity index (χ3n) is 2.56. The van der Waals surface area contributed by atoms with E-state index in [0.717, 1.165) is 0 Å². The minimum atomic E-state index is -3.77. The van der Waals surface area contributed by atoms with Crippen LogP contribution in [0.3, 0.4) is 0 Å². The number of halogens is 2. The second kappa shape index (κ2) is 6.53. The Balaban J connectivity index is 3.02. The van der Waals surface area contributed by atoms with Crippen molar-refractivity contribution in [3.63, 3.8) is 0 Å². The van der Waals surface area contributed by atoms with Crippen molar-refractivity contribution in [3.8, 4) is 0 Å². The summed E-state index contributed by atoms with van der Waals surface area (Å²) < 4.78 is 27.7. The van der Waals surface area contributed by atoms with Crippen molar-refractivity contribution < 1.29 is 13.5 Å². The summed E-state index contributed by atoms with van der Waals surface area (Å²) >= 11 is 6.41. The number of hydrogen-bond acceptors (Lipinski definition) is 4. The summed E-state index contributed by atoms with van der Waals surface area (Å²) in [5.41, 5.74) is 5.87. The predicted octanol–water partition coefficient (Wildman–Crippen LogP) is 2.09. The Hall–Kier alpha value is -0.150. The molecule has 1 unspecified atom stereocenters. The van der Waals surface area contributed by atoms with E-state index < -0.39 is 16.1 Å². The first-order valence-corrected chi connectivity index (χ1v) is 8.64. The van der Waals surface area contributed by atoms with E-state index in [0.29, 0.717) is 8.95 Å². The van der Waals surface area contributed by atoms with Gasteiger partial charge in [0, 0.05) is 15.5 Å². The molecular formula is C11H16Br2N2O3S. The summed E-state index contributed by atoms with van der Waals surface area (Å²) in [6, 6.07) is 3.11. The number of rotatable bonds is 5. The number of nitrogen functional groups attached to an aromatic ring is 1. The standard InChI is InChI=1S/C11H16Br2N2O3S/c1-6(2)10(16)5-15-19(17,18)11-8(13)3-7(12)4-9(11)14/h3-4,6,10,15-16H,5,14H2,1-2H3. The first kappa shape index (κ1) is 16.9. The molecule has 1 aromatic rings. The van der Waals surface area contributed by atoms with Gasteiger partial charge in [0.05, 0.1) is 11.8 Å². The molecule has 0 amide bonds. The summed E-state index contributed by atoms with van der Waals surface area (Å²) in [6.45, 7) is 3.56. The molecule has 19 heavy (non-hydrogen) atoms. The fraction of sp³-hybridized carbons (Fsp3) is 0.455. The van der Waals surface area contributed by atoms with Crippen LogP contribution in [0.15, 0.2) is 26.0 Å². The van der Waals surface area contributed by atoms with E-state index in [1.165, 1.54) is 6.07 Å². The molecule has 0 radical (unpaired) electrons. The first-order valence-electron chi connectivity index (χ1n) is 5.57. The highest BCUT2D eigenvalue weighted by Gasteiger charge is 2.23. The minimum absolute atomic E-state index is 0.0216. The molecule has 8 heteroatoms. The largest absolute Gasteiger partial charge is 0.398 e. The molecule has 108 valence electrons. The molecule has 0 aliphatic carbocycles. The van der Waals surface area contributed by atoms with Crippen LogP contribution < -0.4 is 10.5 Å². The molecule has 0 saturated heterocycles. The minimum Gasteiger partial charge on any atom is -0.398 e. The van der Waals surface area contributed by atoms with Crippen molar-refractivity contribution in [2.75, 3.05) is 12.3 Å². The van der Waals surface area contributed by atoms with Gasteiger partial charge in [-0.15, -0.1) is 0 Å². The molecule has 1 aromatic carbocycles. The highest BCUT2D eigenvalue weighted by molar-refractivity contribution is 9.11. The number of benzene rings is 1. The molecule has 0 spiro atoms. The Bertz CT molecular complexity index is 538. The Morgan fingerprint density at radius 3 is 2.42 bits per heavy atom. The summed E-state index contributed by atoms with van der Waals surface area (Å²) in [7, 11) is -3.77. The van der Waals surface area contributed by atoms with Crippen LogP contribution in [0.2, 0.25) is 0 Å². The Kier molecular flexibility index (Phi) is 5.81. The van der Waals surface area contributed by atoms with Crippen molar-refractivity contribution in [1.29, 1.82) is 0 Å². The topological polar surface area (TPSA) is 92.4 Å². The molecule has 0 aliphatic rings. The fourth-order valence-electron chi connectivity index (χ4n) is 1.37. The first-order chi connectivity index (χ1) is 8.65. The monoisotopic (exact) mass is 414 g/mol. The average molecular weight is 416 g/mol. The normalized spacial score (nSPS) is 13.8.